The predicted octanol–water partition coefficient (Wildman–Crippen LogP) is 3.45. The predicted molar refractivity (Wildman–Crippen MR) is 111 cm³/mol. The lowest BCUT2D eigenvalue weighted by Crippen LogP contribution is -2.39. The highest BCUT2D eigenvalue weighted by Crippen LogP contribution is 2.10. The summed E-state index contributed by atoms with van der Waals surface area (Å²) in [6, 6.07) is 10.4. The minimum Gasteiger partial charge on any atom is -0.356 e. The van der Waals surface area contributed by atoms with Gasteiger partial charge in [0, 0.05) is 39.5 Å². The molecule has 0 spiro atoms. The minimum atomic E-state index is 0. The van der Waals surface area contributed by atoms with Gasteiger partial charge < -0.3 is 14.7 Å². The highest BCUT2D eigenvalue weighted by atomic mass is 127. The molecule has 0 bridgehead atoms. The SMILES string of the molecule is CN=C(NCCCc1nc(C(C)C)no1)N(C)Cc1ccccc1.I. The molecule has 1 aromatic carbocycles. The molecular weight excluding hydrogens is 429 g/mol. The van der Waals surface area contributed by atoms with Crippen molar-refractivity contribution in [3.05, 3.63) is 47.6 Å². The fourth-order valence-electron chi connectivity index (χ4n) is 2.36. The molecule has 1 N–H and O–H groups in total. The van der Waals surface area contributed by atoms with E-state index in [1.54, 1.807) is 7.05 Å². The van der Waals surface area contributed by atoms with Crippen molar-refractivity contribution in [2.24, 2.45) is 4.99 Å². The fourth-order valence-corrected chi connectivity index (χ4v) is 2.36. The second-order valence-electron chi connectivity index (χ2n) is 6.12. The lowest BCUT2D eigenvalue weighted by Gasteiger charge is -2.22. The number of rotatable bonds is 7. The van der Waals surface area contributed by atoms with E-state index in [0.29, 0.717) is 11.8 Å². The van der Waals surface area contributed by atoms with Gasteiger partial charge in [-0.25, -0.2) is 0 Å². The summed E-state index contributed by atoms with van der Waals surface area (Å²) in [4.78, 5) is 10.8. The molecule has 138 valence electrons. The van der Waals surface area contributed by atoms with Gasteiger partial charge in [-0.1, -0.05) is 49.3 Å². The number of aliphatic imine (C=N–C) groups is 1. The number of nitrogens with one attached hydrogen (secondary N) is 1. The van der Waals surface area contributed by atoms with E-state index in [4.69, 9.17) is 4.52 Å². The first-order valence-electron chi connectivity index (χ1n) is 8.38. The van der Waals surface area contributed by atoms with Gasteiger partial charge in [-0.15, -0.1) is 24.0 Å². The van der Waals surface area contributed by atoms with E-state index in [0.717, 1.165) is 37.7 Å². The molecule has 2 rings (SSSR count). The summed E-state index contributed by atoms with van der Waals surface area (Å²) in [5.41, 5.74) is 1.26. The van der Waals surface area contributed by atoms with Gasteiger partial charge in [-0.3, -0.25) is 4.99 Å². The lowest BCUT2D eigenvalue weighted by molar-refractivity contribution is 0.368. The number of hydrogen-bond donors (Lipinski definition) is 1. The number of aromatic nitrogens is 2. The second-order valence-corrected chi connectivity index (χ2v) is 6.12. The molecule has 0 aliphatic carbocycles. The first-order valence-corrected chi connectivity index (χ1v) is 8.38. The average Bonchev–Trinajstić information content (AvgIpc) is 3.05. The third-order valence-electron chi connectivity index (χ3n) is 3.69. The van der Waals surface area contributed by atoms with E-state index in [2.05, 4.69) is 63.5 Å². The zero-order valence-corrected chi connectivity index (χ0v) is 17.7. The molecule has 7 heteroatoms. The zero-order chi connectivity index (χ0) is 17.4. The Balaban J connectivity index is 0.00000312. The number of nitrogens with zero attached hydrogens (tertiary/aromatic N) is 4. The normalized spacial score (nSPS) is 11.3. The van der Waals surface area contributed by atoms with Crippen molar-refractivity contribution in [1.29, 1.82) is 0 Å². The largest absolute Gasteiger partial charge is 0.356 e. The Labute approximate surface area is 167 Å². The van der Waals surface area contributed by atoms with Crippen molar-refractivity contribution < 1.29 is 4.52 Å². The van der Waals surface area contributed by atoms with Crippen LogP contribution in [0.4, 0.5) is 0 Å². The molecule has 1 aromatic heterocycles. The van der Waals surface area contributed by atoms with Gasteiger partial charge in [0.15, 0.2) is 11.8 Å². The first-order chi connectivity index (χ1) is 11.6. The standard InChI is InChI=1S/C18H27N5O.HI/c1-14(2)17-21-16(24-22-17)11-8-12-20-18(19-3)23(4)13-15-9-6-5-7-10-15;/h5-7,9-10,14H,8,11-13H2,1-4H3,(H,19,20);1H. The van der Waals surface area contributed by atoms with E-state index in [-0.39, 0.29) is 24.0 Å². The molecule has 2 aromatic rings. The minimum absolute atomic E-state index is 0. The number of aryl methyl sites for hydroxylation is 1. The highest BCUT2D eigenvalue weighted by Gasteiger charge is 2.10. The molecule has 0 saturated heterocycles. The van der Waals surface area contributed by atoms with Crippen LogP contribution < -0.4 is 5.32 Å². The molecule has 6 nitrogen and oxygen atoms in total. The molecule has 25 heavy (non-hydrogen) atoms. The monoisotopic (exact) mass is 457 g/mol. The van der Waals surface area contributed by atoms with Crippen LogP contribution in [0.1, 0.15) is 43.5 Å². The van der Waals surface area contributed by atoms with Crippen molar-refractivity contribution in [2.45, 2.75) is 39.2 Å². The third-order valence-corrected chi connectivity index (χ3v) is 3.69. The van der Waals surface area contributed by atoms with Crippen LogP contribution in [0.2, 0.25) is 0 Å². The van der Waals surface area contributed by atoms with Gasteiger partial charge in [0.1, 0.15) is 0 Å². The molecule has 0 aliphatic rings. The van der Waals surface area contributed by atoms with Crippen molar-refractivity contribution in [3.63, 3.8) is 0 Å². The number of hydrogen-bond acceptors (Lipinski definition) is 4. The average molecular weight is 457 g/mol. The highest BCUT2D eigenvalue weighted by molar-refractivity contribution is 14.0. The van der Waals surface area contributed by atoms with Gasteiger partial charge in [-0.2, -0.15) is 4.98 Å². The van der Waals surface area contributed by atoms with Crippen molar-refractivity contribution >= 4 is 29.9 Å². The summed E-state index contributed by atoms with van der Waals surface area (Å²) in [6.07, 6.45) is 1.68. The van der Waals surface area contributed by atoms with Gasteiger partial charge in [0.25, 0.3) is 0 Å². The molecule has 0 saturated carbocycles. The topological polar surface area (TPSA) is 66.5 Å². The van der Waals surface area contributed by atoms with E-state index in [1.165, 1.54) is 5.56 Å². The molecule has 0 aliphatic heterocycles. The number of benzene rings is 1. The second kappa shape index (κ2) is 11.1. The van der Waals surface area contributed by atoms with Gasteiger partial charge in [0.2, 0.25) is 5.89 Å². The maximum Gasteiger partial charge on any atom is 0.226 e. The maximum absolute atomic E-state index is 5.26. The summed E-state index contributed by atoms with van der Waals surface area (Å²) in [6.45, 7) is 5.75. The number of guanidine groups is 1. The molecule has 0 unspecified atom stereocenters. The van der Waals surface area contributed by atoms with Crippen LogP contribution in [0.15, 0.2) is 39.8 Å². The zero-order valence-electron chi connectivity index (χ0n) is 15.4. The van der Waals surface area contributed by atoms with Crippen LogP contribution in [0.25, 0.3) is 0 Å². The van der Waals surface area contributed by atoms with Crippen LogP contribution in [0, 0.1) is 0 Å². The summed E-state index contributed by atoms with van der Waals surface area (Å²) in [7, 11) is 3.84. The summed E-state index contributed by atoms with van der Waals surface area (Å²) in [5.74, 6) is 2.66. The summed E-state index contributed by atoms with van der Waals surface area (Å²) >= 11 is 0. The molecule has 1 heterocycles. The maximum atomic E-state index is 5.26. The van der Waals surface area contributed by atoms with E-state index < -0.39 is 0 Å². The Hall–Kier alpha value is -1.64. The molecule has 0 radical (unpaired) electrons. The smallest absolute Gasteiger partial charge is 0.226 e. The van der Waals surface area contributed by atoms with Crippen molar-refractivity contribution in [2.75, 3.05) is 20.6 Å². The summed E-state index contributed by atoms with van der Waals surface area (Å²) in [5, 5.41) is 7.36. The van der Waals surface area contributed by atoms with Gasteiger partial charge in [0.05, 0.1) is 0 Å². The van der Waals surface area contributed by atoms with E-state index in [1.807, 2.05) is 13.1 Å². The Kier molecular flexibility index (Phi) is 9.48. The van der Waals surface area contributed by atoms with Crippen molar-refractivity contribution in [1.82, 2.24) is 20.4 Å². The molecular formula is C18H28IN5O. The first kappa shape index (κ1) is 21.4. The van der Waals surface area contributed by atoms with Crippen LogP contribution in [0.3, 0.4) is 0 Å². The lowest BCUT2D eigenvalue weighted by atomic mass is 10.2. The number of halogens is 1. The van der Waals surface area contributed by atoms with Gasteiger partial charge >= 0.3 is 0 Å². The van der Waals surface area contributed by atoms with Gasteiger partial charge in [-0.05, 0) is 12.0 Å². The molecule has 0 amide bonds. The summed E-state index contributed by atoms with van der Waals surface area (Å²) < 4.78 is 5.26. The van der Waals surface area contributed by atoms with Crippen LogP contribution in [-0.2, 0) is 13.0 Å². The Morgan fingerprint density at radius 1 is 1.28 bits per heavy atom. The third kappa shape index (κ3) is 7.01. The van der Waals surface area contributed by atoms with E-state index >= 15 is 0 Å². The van der Waals surface area contributed by atoms with Crippen LogP contribution in [0.5, 0.6) is 0 Å². The molecule has 0 fully saturated rings. The van der Waals surface area contributed by atoms with Crippen molar-refractivity contribution in [3.8, 4) is 0 Å². The van der Waals surface area contributed by atoms with Crippen LogP contribution >= 0.6 is 24.0 Å². The van der Waals surface area contributed by atoms with Crippen LogP contribution in [-0.4, -0.2) is 41.6 Å². The fraction of sp³-hybridized carbons (Fsp3) is 0.500. The quantitative estimate of drug-likeness (QED) is 0.299. The molecule has 0 atom stereocenters. The Bertz CT molecular complexity index is 642. The Morgan fingerprint density at radius 3 is 2.60 bits per heavy atom. The Morgan fingerprint density at radius 2 is 2.00 bits per heavy atom. The van der Waals surface area contributed by atoms with E-state index in [9.17, 15) is 0 Å².